The van der Waals surface area contributed by atoms with Gasteiger partial charge in [0.25, 0.3) is 11.8 Å². The van der Waals surface area contributed by atoms with E-state index in [4.69, 9.17) is 0 Å². The number of rotatable bonds is 4. The Balaban J connectivity index is 1.43. The van der Waals surface area contributed by atoms with Gasteiger partial charge in [0.1, 0.15) is 5.70 Å². The second-order valence-electron chi connectivity index (χ2n) is 6.60. The number of nitrogens with zero attached hydrogens (tertiary/aromatic N) is 5. The summed E-state index contributed by atoms with van der Waals surface area (Å²) in [6.07, 6.45) is 7.66. The molecule has 1 N–H and O–H groups in total. The highest BCUT2D eigenvalue weighted by atomic mass is 16.2. The Labute approximate surface area is 161 Å². The summed E-state index contributed by atoms with van der Waals surface area (Å²) in [7, 11) is 1.46. The summed E-state index contributed by atoms with van der Waals surface area (Å²) < 4.78 is 0. The highest BCUT2D eigenvalue weighted by molar-refractivity contribution is 6.19. The number of nitrogens with one attached hydrogen (secondary N) is 1. The molecule has 0 aromatic carbocycles. The lowest BCUT2D eigenvalue weighted by atomic mass is 10.0. The summed E-state index contributed by atoms with van der Waals surface area (Å²) in [5.41, 5.74) is 2.31. The van der Waals surface area contributed by atoms with Gasteiger partial charge in [0, 0.05) is 37.1 Å². The van der Waals surface area contributed by atoms with Gasteiger partial charge in [-0.25, -0.2) is 4.98 Å². The summed E-state index contributed by atoms with van der Waals surface area (Å²) in [6.45, 7) is 0.516. The van der Waals surface area contributed by atoms with Gasteiger partial charge in [0.15, 0.2) is 5.82 Å². The van der Waals surface area contributed by atoms with Gasteiger partial charge in [-0.05, 0) is 25.0 Å². The topological polar surface area (TPSA) is 108 Å². The largest absolute Gasteiger partial charge is 0.357 e. The van der Waals surface area contributed by atoms with E-state index in [0.29, 0.717) is 35.7 Å². The van der Waals surface area contributed by atoms with Crippen molar-refractivity contribution in [2.75, 3.05) is 25.5 Å². The summed E-state index contributed by atoms with van der Waals surface area (Å²) in [6, 6.07) is 3.68. The molecule has 2 aliphatic rings. The van der Waals surface area contributed by atoms with Gasteiger partial charge in [0.2, 0.25) is 5.91 Å². The van der Waals surface area contributed by atoms with Crippen LogP contribution in [0.1, 0.15) is 12.8 Å². The van der Waals surface area contributed by atoms with Gasteiger partial charge in [-0.1, -0.05) is 0 Å². The number of hydrogen-bond donors (Lipinski definition) is 1. The number of likely N-dealkylation sites (N-methyl/N-ethyl adjacent to an activating group) is 1. The zero-order valence-electron chi connectivity index (χ0n) is 15.3. The molecule has 3 amide bonds. The standard InChI is InChI=1S/C19H18N6O3/c1-24-18(27)13-5-3-7-25(17(13)19(24)28)11-16(26)23-15-10-21-14(9-22-15)12-4-2-6-20-8-12/h2,4,6,8-10H,3,5,7,11H2,1H3,(H,22,23,26). The normalized spacial score (nSPS) is 16.5. The highest BCUT2D eigenvalue weighted by Gasteiger charge is 2.40. The van der Waals surface area contributed by atoms with Crippen LogP contribution in [0.2, 0.25) is 0 Å². The van der Waals surface area contributed by atoms with Gasteiger partial charge in [-0.15, -0.1) is 0 Å². The minimum absolute atomic E-state index is 0.0300. The van der Waals surface area contributed by atoms with Crippen molar-refractivity contribution in [1.82, 2.24) is 24.8 Å². The Morgan fingerprint density at radius 1 is 1.18 bits per heavy atom. The molecular weight excluding hydrogens is 360 g/mol. The monoisotopic (exact) mass is 378 g/mol. The van der Waals surface area contributed by atoms with Crippen molar-refractivity contribution < 1.29 is 14.4 Å². The number of carbonyl (C=O) groups is 3. The van der Waals surface area contributed by atoms with Crippen molar-refractivity contribution in [2.45, 2.75) is 12.8 Å². The van der Waals surface area contributed by atoms with E-state index in [9.17, 15) is 14.4 Å². The molecule has 9 nitrogen and oxygen atoms in total. The highest BCUT2D eigenvalue weighted by Crippen LogP contribution is 2.30. The number of anilines is 1. The molecule has 142 valence electrons. The summed E-state index contributed by atoms with van der Waals surface area (Å²) in [5.74, 6) is -0.642. The molecule has 0 saturated carbocycles. The minimum atomic E-state index is -0.354. The molecule has 0 aliphatic carbocycles. The van der Waals surface area contributed by atoms with Crippen LogP contribution in [-0.4, -0.2) is 62.6 Å². The summed E-state index contributed by atoms with van der Waals surface area (Å²) in [4.78, 5) is 52.2. The van der Waals surface area contributed by atoms with E-state index in [2.05, 4.69) is 20.3 Å². The number of carbonyl (C=O) groups excluding carboxylic acids is 3. The number of aromatic nitrogens is 3. The Morgan fingerprint density at radius 3 is 2.75 bits per heavy atom. The van der Waals surface area contributed by atoms with Crippen molar-refractivity contribution in [2.24, 2.45) is 0 Å². The van der Waals surface area contributed by atoms with Crippen LogP contribution in [-0.2, 0) is 14.4 Å². The fourth-order valence-electron chi connectivity index (χ4n) is 3.36. The van der Waals surface area contributed by atoms with E-state index in [1.807, 2.05) is 6.07 Å². The molecule has 0 fully saturated rings. The molecule has 0 saturated heterocycles. The Hall–Kier alpha value is -3.62. The van der Waals surface area contributed by atoms with E-state index >= 15 is 0 Å². The number of pyridine rings is 1. The second-order valence-corrected chi connectivity index (χ2v) is 6.60. The molecule has 28 heavy (non-hydrogen) atoms. The van der Waals surface area contributed by atoms with E-state index in [-0.39, 0.29) is 24.3 Å². The van der Waals surface area contributed by atoms with E-state index in [0.717, 1.165) is 16.9 Å². The van der Waals surface area contributed by atoms with Crippen LogP contribution in [0, 0.1) is 0 Å². The SMILES string of the molecule is CN1C(=O)C2=C(C1=O)N(CC(=O)Nc1cnc(-c3cccnc3)cn1)CCC2. The smallest absolute Gasteiger partial charge is 0.277 e. The van der Waals surface area contributed by atoms with Crippen LogP contribution in [0.15, 0.2) is 48.2 Å². The number of hydrogen-bond acceptors (Lipinski definition) is 7. The first-order chi connectivity index (χ1) is 13.5. The Bertz CT molecular complexity index is 971. The first kappa shape index (κ1) is 17.8. The molecule has 9 heteroatoms. The third-order valence-electron chi connectivity index (χ3n) is 4.74. The molecule has 2 aromatic heterocycles. The lowest BCUT2D eigenvalue weighted by molar-refractivity contribution is -0.136. The Morgan fingerprint density at radius 2 is 2.04 bits per heavy atom. The van der Waals surface area contributed by atoms with Gasteiger partial charge >= 0.3 is 0 Å². The Kier molecular flexibility index (Phi) is 4.56. The molecule has 0 radical (unpaired) electrons. The first-order valence-electron chi connectivity index (χ1n) is 8.87. The summed E-state index contributed by atoms with van der Waals surface area (Å²) in [5, 5.41) is 2.68. The minimum Gasteiger partial charge on any atom is -0.357 e. The molecule has 0 unspecified atom stereocenters. The van der Waals surface area contributed by atoms with Crippen molar-refractivity contribution in [3.63, 3.8) is 0 Å². The average Bonchev–Trinajstić information content (AvgIpc) is 2.94. The molecule has 0 atom stereocenters. The zero-order chi connectivity index (χ0) is 19.7. The fraction of sp³-hybridized carbons (Fsp3) is 0.263. The number of imide groups is 1. The van der Waals surface area contributed by atoms with Crippen molar-refractivity contribution in [3.05, 3.63) is 48.2 Å². The van der Waals surface area contributed by atoms with Gasteiger partial charge in [-0.3, -0.25) is 29.3 Å². The van der Waals surface area contributed by atoms with Crippen molar-refractivity contribution >= 4 is 23.5 Å². The number of amides is 3. The lowest BCUT2D eigenvalue weighted by Crippen LogP contribution is -2.38. The molecule has 0 spiro atoms. The maximum atomic E-state index is 12.4. The van der Waals surface area contributed by atoms with Crippen LogP contribution in [0.25, 0.3) is 11.3 Å². The van der Waals surface area contributed by atoms with Gasteiger partial charge < -0.3 is 10.2 Å². The molecule has 4 heterocycles. The quantitative estimate of drug-likeness (QED) is 0.785. The molecule has 0 bridgehead atoms. The maximum Gasteiger partial charge on any atom is 0.277 e. The zero-order valence-corrected chi connectivity index (χ0v) is 15.3. The predicted octanol–water partition coefficient (Wildman–Crippen LogP) is 0.826. The lowest BCUT2D eigenvalue weighted by Gasteiger charge is -2.28. The summed E-state index contributed by atoms with van der Waals surface area (Å²) >= 11 is 0. The van der Waals surface area contributed by atoms with E-state index in [1.54, 1.807) is 29.6 Å². The van der Waals surface area contributed by atoms with Crippen molar-refractivity contribution in [3.8, 4) is 11.3 Å². The van der Waals surface area contributed by atoms with Crippen molar-refractivity contribution in [1.29, 1.82) is 0 Å². The van der Waals surface area contributed by atoms with E-state index < -0.39 is 0 Å². The maximum absolute atomic E-state index is 12.4. The molecule has 2 aliphatic heterocycles. The fourth-order valence-corrected chi connectivity index (χ4v) is 3.36. The van der Waals surface area contributed by atoms with Gasteiger partial charge in [-0.2, -0.15) is 0 Å². The third kappa shape index (κ3) is 3.22. The van der Waals surface area contributed by atoms with E-state index in [1.165, 1.54) is 13.2 Å². The van der Waals surface area contributed by atoms with Gasteiger partial charge in [0.05, 0.1) is 24.6 Å². The first-order valence-corrected chi connectivity index (χ1v) is 8.87. The third-order valence-corrected chi connectivity index (χ3v) is 4.74. The second kappa shape index (κ2) is 7.18. The van der Waals surface area contributed by atoms with Crippen LogP contribution in [0.4, 0.5) is 5.82 Å². The van der Waals surface area contributed by atoms with Crippen LogP contribution in [0.3, 0.4) is 0 Å². The van der Waals surface area contributed by atoms with Crippen LogP contribution < -0.4 is 5.32 Å². The van der Waals surface area contributed by atoms with Crippen LogP contribution >= 0.6 is 0 Å². The predicted molar refractivity (Wildman–Crippen MR) is 99.5 cm³/mol. The average molecular weight is 378 g/mol. The van der Waals surface area contributed by atoms with Crippen LogP contribution in [0.5, 0.6) is 0 Å². The molecule has 4 rings (SSSR count). The molecule has 2 aromatic rings. The molecular formula is C19H18N6O3.